The molecule has 2 atom stereocenters. The summed E-state index contributed by atoms with van der Waals surface area (Å²) in [5.74, 6) is -1.06. The first kappa shape index (κ1) is 31.0. The highest BCUT2D eigenvalue weighted by atomic mass is 79.9. The minimum atomic E-state index is -2.12. The van der Waals surface area contributed by atoms with Crippen molar-refractivity contribution < 1.29 is 23.1 Å². The van der Waals surface area contributed by atoms with Crippen LogP contribution in [0.25, 0.3) is 0 Å². The molecule has 2 aromatic rings. The monoisotopic (exact) mass is 623 g/mol. The summed E-state index contributed by atoms with van der Waals surface area (Å²) in [6, 6.07) is 4.05. The largest absolute Gasteiger partial charge is 0.444 e. The molecule has 1 aliphatic rings. The molecular weight excluding hydrogens is 585 g/mol. The third kappa shape index (κ3) is 8.45. The Morgan fingerprint density at radius 3 is 2.44 bits per heavy atom. The molecule has 1 aliphatic heterocycles. The zero-order chi connectivity index (χ0) is 29.2. The van der Waals surface area contributed by atoms with E-state index in [0.717, 1.165) is 5.69 Å². The molecule has 0 aromatic carbocycles. The van der Waals surface area contributed by atoms with Gasteiger partial charge in [-0.3, -0.25) is 9.78 Å². The summed E-state index contributed by atoms with van der Waals surface area (Å²) >= 11 is 3.02. The number of piperidine rings is 1. The summed E-state index contributed by atoms with van der Waals surface area (Å²) in [5.41, 5.74) is 0.620. The van der Waals surface area contributed by atoms with Crippen LogP contribution in [0.15, 0.2) is 35.2 Å². The van der Waals surface area contributed by atoms with E-state index in [1.54, 1.807) is 12.4 Å². The number of ether oxygens (including phenoxy) is 1. The quantitative estimate of drug-likeness (QED) is 0.295. The second-order valence-corrected chi connectivity index (χ2v) is 17.8. The van der Waals surface area contributed by atoms with E-state index in [-0.39, 0.29) is 27.5 Å². The highest BCUT2D eigenvalue weighted by Crippen LogP contribution is 2.39. The molecule has 1 fully saturated rings. The number of carbonyl (C=O) groups excluding carboxylic acids is 2. The minimum Gasteiger partial charge on any atom is -0.444 e. The van der Waals surface area contributed by atoms with Crippen LogP contribution in [0, 0.1) is 5.82 Å². The van der Waals surface area contributed by atoms with Crippen molar-refractivity contribution in [1.82, 2.24) is 15.3 Å². The molecule has 0 bridgehead atoms. The van der Waals surface area contributed by atoms with Crippen molar-refractivity contribution in [2.75, 3.05) is 23.3 Å². The lowest BCUT2D eigenvalue weighted by Crippen LogP contribution is -2.57. The number of anilines is 2. The Labute approximate surface area is 239 Å². The highest BCUT2D eigenvalue weighted by molar-refractivity contribution is 9.10. The second kappa shape index (κ2) is 11.9. The summed E-state index contributed by atoms with van der Waals surface area (Å²) in [6.07, 6.45) is 3.18. The molecule has 2 aromatic heterocycles. The molecule has 0 saturated carbocycles. The van der Waals surface area contributed by atoms with E-state index in [4.69, 9.17) is 9.16 Å². The molecule has 1 saturated heterocycles. The van der Waals surface area contributed by atoms with Crippen molar-refractivity contribution in [3.8, 4) is 0 Å². The van der Waals surface area contributed by atoms with Crippen LogP contribution in [0.4, 0.5) is 20.6 Å². The summed E-state index contributed by atoms with van der Waals surface area (Å²) in [7, 11) is -2.12. The normalized spacial score (nSPS) is 18.5. The lowest BCUT2D eigenvalue weighted by molar-refractivity contribution is 0.0477. The lowest BCUT2D eigenvalue weighted by Gasteiger charge is -2.45. The Bertz CT molecular complexity index is 1200. The van der Waals surface area contributed by atoms with E-state index >= 15 is 0 Å². The van der Waals surface area contributed by atoms with Crippen LogP contribution in [-0.2, 0) is 9.16 Å². The van der Waals surface area contributed by atoms with Crippen molar-refractivity contribution in [3.63, 3.8) is 0 Å². The van der Waals surface area contributed by atoms with Crippen LogP contribution >= 0.6 is 15.9 Å². The maximum atomic E-state index is 13.6. The average Bonchev–Trinajstić information content (AvgIpc) is 2.78. The number of nitrogens with one attached hydrogen (secondary N) is 2. The van der Waals surface area contributed by atoms with Gasteiger partial charge >= 0.3 is 6.09 Å². The number of amides is 2. The minimum absolute atomic E-state index is 0.00953. The zero-order valence-corrected chi connectivity index (χ0v) is 26.5. The number of halogens is 2. The van der Waals surface area contributed by atoms with Crippen LogP contribution in [0.5, 0.6) is 0 Å². The van der Waals surface area contributed by atoms with Gasteiger partial charge in [-0.1, -0.05) is 20.8 Å². The predicted molar refractivity (Wildman–Crippen MR) is 156 cm³/mol. The fourth-order valence-corrected chi connectivity index (χ4v) is 5.68. The number of hydrogen-bond donors (Lipinski definition) is 2. The third-order valence-corrected chi connectivity index (χ3v) is 11.9. The summed E-state index contributed by atoms with van der Waals surface area (Å²) < 4.78 is 25.9. The number of alkyl carbamates (subject to hydrolysis) is 1. The standard InChI is InChI=1S/C27H39BrFN5O4Si/c1-26(2,3)37-25(36)31-17-13-18(38-39(7,8)27(4,5)6)16-34(15-17)22-11-12-30-14-21(22)33-24(35)20-10-9-19(29)23(28)32-20/h9-12,14,17-18H,13,15-16H2,1-8H3,(H,31,36)(H,33,35)/t17-,18+/m0/s1. The Morgan fingerprint density at radius 2 is 1.82 bits per heavy atom. The fraction of sp³-hybridized carbons (Fsp3) is 0.556. The number of hydrogen-bond acceptors (Lipinski definition) is 7. The van der Waals surface area contributed by atoms with Crippen LogP contribution in [0.1, 0.15) is 58.5 Å². The van der Waals surface area contributed by atoms with Crippen molar-refractivity contribution in [3.05, 3.63) is 46.7 Å². The number of nitrogens with zero attached hydrogens (tertiary/aromatic N) is 3. The van der Waals surface area contributed by atoms with Crippen LogP contribution in [0.2, 0.25) is 18.1 Å². The summed E-state index contributed by atoms with van der Waals surface area (Å²) in [6.45, 7) is 17.5. The molecule has 12 heteroatoms. The first-order valence-corrected chi connectivity index (χ1v) is 16.6. The molecule has 0 aliphatic carbocycles. The maximum absolute atomic E-state index is 13.6. The molecule has 9 nitrogen and oxygen atoms in total. The molecule has 2 N–H and O–H groups in total. The Morgan fingerprint density at radius 1 is 1.13 bits per heavy atom. The van der Waals surface area contributed by atoms with Gasteiger partial charge in [-0.25, -0.2) is 14.2 Å². The smallest absolute Gasteiger partial charge is 0.407 e. The SMILES string of the molecule is CC(C)(C)OC(=O)N[C@H]1C[C@@H](O[Si](C)(C)C(C)(C)C)CN(c2ccncc2NC(=O)c2ccc(F)c(Br)n2)C1. The van der Waals surface area contributed by atoms with Gasteiger partial charge in [-0.05, 0) is 79.5 Å². The number of aromatic nitrogens is 2. The third-order valence-electron chi connectivity index (χ3n) is 6.82. The van der Waals surface area contributed by atoms with Gasteiger partial charge in [-0.15, -0.1) is 0 Å². The van der Waals surface area contributed by atoms with E-state index in [1.165, 1.54) is 12.1 Å². The first-order valence-electron chi connectivity index (χ1n) is 12.9. The maximum Gasteiger partial charge on any atom is 0.407 e. The van der Waals surface area contributed by atoms with Crippen molar-refractivity contribution in [2.24, 2.45) is 0 Å². The summed E-state index contributed by atoms with van der Waals surface area (Å²) in [4.78, 5) is 35.9. The van der Waals surface area contributed by atoms with E-state index in [9.17, 15) is 14.0 Å². The topological polar surface area (TPSA) is 106 Å². The number of carbonyl (C=O) groups is 2. The predicted octanol–water partition coefficient (Wildman–Crippen LogP) is 6.12. The molecule has 3 rings (SSSR count). The van der Waals surface area contributed by atoms with Gasteiger partial charge in [0.1, 0.15) is 15.9 Å². The average molecular weight is 625 g/mol. The van der Waals surface area contributed by atoms with Crippen LogP contribution < -0.4 is 15.5 Å². The molecule has 2 amide bonds. The molecule has 0 radical (unpaired) electrons. The van der Waals surface area contributed by atoms with Gasteiger partial charge in [0.25, 0.3) is 5.91 Å². The van der Waals surface area contributed by atoms with E-state index < -0.39 is 31.7 Å². The van der Waals surface area contributed by atoms with E-state index in [0.29, 0.717) is 25.2 Å². The number of rotatable bonds is 6. The van der Waals surface area contributed by atoms with E-state index in [1.807, 2.05) is 26.8 Å². The van der Waals surface area contributed by atoms with Crippen LogP contribution in [0.3, 0.4) is 0 Å². The molecule has 39 heavy (non-hydrogen) atoms. The van der Waals surface area contributed by atoms with Gasteiger partial charge < -0.3 is 24.7 Å². The number of pyridine rings is 2. The Balaban J connectivity index is 1.88. The lowest BCUT2D eigenvalue weighted by atomic mass is 10.0. The van der Waals surface area contributed by atoms with E-state index in [2.05, 4.69) is 75.3 Å². The van der Waals surface area contributed by atoms with Crippen molar-refractivity contribution in [1.29, 1.82) is 0 Å². The highest BCUT2D eigenvalue weighted by Gasteiger charge is 2.41. The van der Waals surface area contributed by atoms with Gasteiger partial charge in [0.05, 0.1) is 29.7 Å². The molecular formula is C27H39BrFN5O4Si. The Kier molecular flexibility index (Phi) is 9.44. The van der Waals surface area contributed by atoms with Gasteiger partial charge in [-0.2, -0.15) is 0 Å². The second-order valence-electron chi connectivity index (χ2n) is 12.3. The van der Waals surface area contributed by atoms with Crippen molar-refractivity contribution >= 4 is 47.6 Å². The van der Waals surface area contributed by atoms with Gasteiger partial charge in [0.15, 0.2) is 14.1 Å². The molecule has 0 spiro atoms. The van der Waals surface area contributed by atoms with Gasteiger partial charge in [0, 0.05) is 19.3 Å². The molecule has 3 heterocycles. The Hall–Kier alpha value is -2.57. The summed E-state index contributed by atoms with van der Waals surface area (Å²) in [5, 5.41) is 5.87. The zero-order valence-electron chi connectivity index (χ0n) is 23.9. The van der Waals surface area contributed by atoms with Crippen molar-refractivity contribution in [2.45, 2.75) is 83.8 Å². The molecule has 0 unspecified atom stereocenters. The molecule has 214 valence electrons. The van der Waals surface area contributed by atoms with Gasteiger partial charge in [0.2, 0.25) is 0 Å². The van der Waals surface area contributed by atoms with Crippen LogP contribution in [-0.4, -0.2) is 61.1 Å². The first-order chi connectivity index (χ1) is 17.9. The fourth-order valence-electron chi connectivity index (χ4n) is 4.00.